The first-order chi connectivity index (χ1) is 11.8. The van der Waals surface area contributed by atoms with Crippen LogP contribution in [0.2, 0.25) is 0 Å². The maximum Gasteiger partial charge on any atom is 0.327 e. The molecule has 25 heavy (non-hydrogen) atoms. The van der Waals surface area contributed by atoms with Crippen molar-refractivity contribution in [3.8, 4) is 0 Å². The van der Waals surface area contributed by atoms with Gasteiger partial charge in [-0.05, 0) is 32.1 Å². The van der Waals surface area contributed by atoms with Gasteiger partial charge in [0.15, 0.2) is 6.10 Å². The summed E-state index contributed by atoms with van der Waals surface area (Å²) in [7, 11) is 0. The highest BCUT2D eigenvalue weighted by molar-refractivity contribution is 6.09. The van der Waals surface area contributed by atoms with E-state index in [1.807, 2.05) is 13.8 Å². The van der Waals surface area contributed by atoms with Crippen LogP contribution in [-0.4, -0.2) is 53.4 Å². The molecule has 8 nitrogen and oxygen atoms in total. The molecule has 2 rings (SSSR count). The summed E-state index contributed by atoms with van der Waals surface area (Å²) in [5.74, 6) is -1.52. The second-order valence-corrected chi connectivity index (χ2v) is 6.86. The Kier molecular flexibility index (Phi) is 6.02. The number of carbonyl (C=O) groups is 4. The molecule has 4 amide bonds. The second kappa shape index (κ2) is 7.84. The molecule has 0 aromatic carbocycles. The third-order valence-electron chi connectivity index (χ3n) is 5.02. The van der Waals surface area contributed by atoms with E-state index in [0.29, 0.717) is 13.0 Å². The fourth-order valence-electron chi connectivity index (χ4n) is 3.45. The number of imide groups is 1. The van der Waals surface area contributed by atoms with Crippen molar-refractivity contribution in [2.45, 2.75) is 64.5 Å². The van der Waals surface area contributed by atoms with Crippen LogP contribution in [0.4, 0.5) is 4.79 Å². The molecule has 1 aliphatic carbocycles. The summed E-state index contributed by atoms with van der Waals surface area (Å²) >= 11 is 0. The number of urea groups is 1. The number of amides is 4. The maximum atomic E-state index is 12.8. The first kappa shape index (κ1) is 19.2. The van der Waals surface area contributed by atoms with Crippen molar-refractivity contribution < 1.29 is 23.9 Å². The van der Waals surface area contributed by atoms with Gasteiger partial charge < -0.3 is 15.4 Å². The predicted octanol–water partition coefficient (Wildman–Crippen LogP) is 0.945. The molecule has 1 saturated carbocycles. The molecule has 0 aromatic rings. The first-order valence-electron chi connectivity index (χ1n) is 8.93. The number of ether oxygens (including phenoxy) is 1. The molecule has 1 aliphatic heterocycles. The molecule has 1 saturated heterocycles. The van der Waals surface area contributed by atoms with Gasteiger partial charge in [0, 0.05) is 6.54 Å². The zero-order valence-corrected chi connectivity index (χ0v) is 15.1. The molecule has 1 heterocycles. The molecule has 8 heteroatoms. The molecule has 0 aromatic heterocycles. The highest BCUT2D eigenvalue weighted by Gasteiger charge is 2.55. The van der Waals surface area contributed by atoms with Crippen LogP contribution < -0.4 is 10.6 Å². The highest BCUT2D eigenvalue weighted by Crippen LogP contribution is 2.38. The minimum atomic E-state index is -0.970. The molecule has 0 unspecified atom stereocenters. The molecule has 3 atom stereocenters. The van der Waals surface area contributed by atoms with Crippen LogP contribution in [0.3, 0.4) is 0 Å². The van der Waals surface area contributed by atoms with Crippen molar-refractivity contribution in [3.63, 3.8) is 0 Å². The summed E-state index contributed by atoms with van der Waals surface area (Å²) in [5, 5.41) is 5.40. The lowest BCUT2D eigenvalue weighted by atomic mass is 9.73. The van der Waals surface area contributed by atoms with Gasteiger partial charge in [-0.15, -0.1) is 0 Å². The SMILES string of the molecule is CCCNC(=O)[C@@H](C)OC(=O)CN1C(=O)N[C@]2(CCCC[C@@H]2C)C1=O. The first-order valence-corrected chi connectivity index (χ1v) is 8.93. The minimum absolute atomic E-state index is 0.0254. The van der Waals surface area contributed by atoms with Gasteiger partial charge in [-0.1, -0.05) is 26.7 Å². The van der Waals surface area contributed by atoms with Gasteiger partial charge in [-0.3, -0.25) is 19.3 Å². The number of nitrogens with zero attached hydrogens (tertiary/aromatic N) is 1. The summed E-state index contributed by atoms with van der Waals surface area (Å²) in [6, 6.07) is -0.571. The molecule has 0 radical (unpaired) electrons. The third kappa shape index (κ3) is 3.93. The number of esters is 1. The van der Waals surface area contributed by atoms with Crippen LogP contribution in [0.15, 0.2) is 0 Å². The van der Waals surface area contributed by atoms with Crippen LogP contribution in [-0.2, 0) is 19.1 Å². The Bertz CT molecular complexity index is 564. The number of hydrogen-bond acceptors (Lipinski definition) is 5. The van der Waals surface area contributed by atoms with Crippen molar-refractivity contribution in [3.05, 3.63) is 0 Å². The predicted molar refractivity (Wildman–Crippen MR) is 89.5 cm³/mol. The van der Waals surface area contributed by atoms with E-state index in [-0.39, 0.29) is 11.8 Å². The molecule has 2 fully saturated rings. The molecular weight excluding hydrogens is 326 g/mol. The van der Waals surface area contributed by atoms with Gasteiger partial charge in [-0.2, -0.15) is 0 Å². The van der Waals surface area contributed by atoms with E-state index in [2.05, 4.69) is 10.6 Å². The Morgan fingerprint density at radius 3 is 2.76 bits per heavy atom. The summed E-state index contributed by atoms with van der Waals surface area (Å²) in [6.07, 6.45) is 3.14. The van der Waals surface area contributed by atoms with E-state index in [1.165, 1.54) is 6.92 Å². The number of nitrogens with one attached hydrogen (secondary N) is 2. The summed E-state index contributed by atoms with van der Waals surface area (Å²) < 4.78 is 5.05. The third-order valence-corrected chi connectivity index (χ3v) is 5.02. The van der Waals surface area contributed by atoms with E-state index in [9.17, 15) is 19.2 Å². The van der Waals surface area contributed by atoms with Crippen molar-refractivity contribution >= 4 is 23.8 Å². The fraction of sp³-hybridized carbons (Fsp3) is 0.765. The van der Waals surface area contributed by atoms with Gasteiger partial charge >= 0.3 is 12.0 Å². The largest absolute Gasteiger partial charge is 0.451 e. The minimum Gasteiger partial charge on any atom is -0.451 e. The standard InChI is InChI=1S/C17H27N3O5/c1-4-9-18-14(22)12(3)25-13(21)10-20-15(23)17(19-16(20)24)8-6-5-7-11(17)2/h11-12H,4-10H2,1-3H3,(H,18,22)(H,19,24)/t11-,12+,17-/m0/s1. The average Bonchev–Trinajstić information content (AvgIpc) is 2.80. The van der Waals surface area contributed by atoms with Crippen molar-refractivity contribution in [2.75, 3.05) is 13.1 Å². The van der Waals surface area contributed by atoms with Crippen LogP contribution in [0.25, 0.3) is 0 Å². The van der Waals surface area contributed by atoms with Gasteiger partial charge in [0.2, 0.25) is 0 Å². The van der Waals surface area contributed by atoms with Crippen molar-refractivity contribution in [1.29, 1.82) is 0 Å². The van der Waals surface area contributed by atoms with Gasteiger partial charge in [0.25, 0.3) is 11.8 Å². The van der Waals surface area contributed by atoms with E-state index in [0.717, 1.165) is 30.6 Å². The van der Waals surface area contributed by atoms with Gasteiger partial charge in [0.1, 0.15) is 12.1 Å². The number of hydrogen-bond donors (Lipinski definition) is 2. The fourth-order valence-corrected chi connectivity index (χ4v) is 3.45. The van der Waals surface area contributed by atoms with E-state index in [1.54, 1.807) is 0 Å². The summed E-state index contributed by atoms with van der Waals surface area (Å²) in [5.41, 5.74) is -0.903. The zero-order chi connectivity index (χ0) is 18.6. The Labute approximate surface area is 147 Å². The normalized spacial score (nSPS) is 27.2. The van der Waals surface area contributed by atoms with Crippen LogP contribution in [0.1, 0.15) is 52.9 Å². The number of rotatable bonds is 6. The quantitative estimate of drug-likeness (QED) is 0.546. The van der Waals surface area contributed by atoms with Crippen molar-refractivity contribution in [1.82, 2.24) is 15.5 Å². The van der Waals surface area contributed by atoms with Crippen LogP contribution >= 0.6 is 0 Å². The van der Waals surface area contributed by atoms with Crippen molar-refractivity contribution in [2.24, 2.45) is 5.92 Å². The lowest BCUT2D eigenvalue weighted by Crippen LogP contribution is -2.54. The monoisotopic (exact) mass is 353 g/mol. The molecule has 2 N–H and O–H groups in total. The maximum absolute atomic E-state index is 12.8. The lowest BCUT2D eigenvalue weighted by molar-refractivity contribution is -0.157. The molecule has 0 bridgehead atoms. The second-order valence-electron chi connectivity index (χ2n) is 6.86. The lowest BCUT2D eigenvalue weighted by Gasteiger charge is -2.36. The molecule has 1 spiro atoms. The molecule has 2 aliphatic rings. The highest BCUT2D eigenvalue weighted by atomic mass is 16.5. The summed E-state index contributed by atoms with van der Waals surface area (Å²) in [4.78, 5) is 49.7. The average molecular weight is 353 g/mol. The Morgan fingerprint density at radius 1 is 1.40 bits per heavy atom. The van der Waals surface area contributed by atoms with Gasteiger partial charge in [-0.25, -0.2) is 4.79 Å². The topological polar surface area (TPSA) is 105 Å². The Balaban J connectivity index is 1.95. The Morgan fingerprint density at radius 2 is 2.12 bits per heavy atom. The van der Waals surface area contributed by atoms with E-state index < -0.39 is 36.1 Å². The summed E-state index contributed by atoms with van der Waals surface area (Å²) in [6.45, 7) is 5.33. The Hall–Kier alpha value is -2.12. The number of carbonyl (C=O) groups excluding carboxylic acids is 4. The smallest absolute Gasteiger partial charge is 0.327 e. The van der Waals surface area contributed by atoms with Crippen LogP contribution in [0.5, 0.6) is 0 Å². The van der Waals surface area contributed by atoms with Gasteiger partial charge in [0.05, 0.1) is 0 Å². The molecular formula is C17H27N3O5. The van der Waals surface area contributed by atoms with E-state index in [4.69, 9.17) is 4.74 Å². The van der Waals surface area contributed by atoms with E-state index >= 15 is 0 Å². The zero-order valence-electron chi connectivity index (χ0n) is 15.1. The molecule has 140 valence electrons. The van der Waals surface area contributed by atoms with Crippen LogP contribution in [0, 0.1) is 5.92 Å².